The van der Waals surface area contributed by atoms with Gasteiger partial charge in [0.05, 0.1) is 16.7 Å². The Morgan fingerprint density at radius 3 is 3.08 bits per heavy atom. The minimum Gasteiger partial charge on any atom is -0.244 e. The van der Waals surface area contributed by atoms with Crippen LogP contribution in [-0.4, -0.2) is 18.4 Å². The Balaban J connectivity index is 2.59. The molecule has 70 valence electrons. The average Bonchev–Trinajstić information content (AvgIpc) is 2.33. The summed E-state index contributed by atoms with van der Waals surface area (Å²) in [6.07, 6.45) is 3.61. The molecule has 1 aromatic rings. The van der Waals surface area contributed by atoms with Gasteiger partial charge in [0.2, 0.25) is 0 Å². The number of hydrogen-bond donors (Lipinski definition) is 0. The summed E-state index contributed by atoms with van der Waals surface area (Å²) < 4.78 is 23.2. The fourth-order valence-corrected chi connectivity index (χ4v) is 3.63. The number of hydrogen-bond acceptors (Lipinski definition) is 4. The van der Waals surface area contributed by atoms with Gasteiger partial charge in [-0.3, -0.25) is 0 Å². The van der Waals surface area contributed by atoms with Gasteiger partial charge >= 0.3 is 0 Å². The van der Waals surface area contributed by atoms with Crippen LogP contribution in [0.2, 0.25) is 0 Å². The molecule has 0 aliphatic carbocycles. The van der Waals surface area contributed by atoms with Crippen LogP contribution < -0.4 is 0 Å². The van der Waals surface area contributed by atoms with Crippen molar-refractivity contribution in [1.82, 2.24) is 9.97 Å². The van der Waals surface area contributed by atoms with E-state index < -0.39 is 9.84 Å². The first-order valence-corrected chi connectivity index (χ1v) is 5.87. The van der Waals surface area contributed by atoms with Gasteiger partial charge < -0.3 is 0 Å². The number of nitrogens with zero attached hydrogens (tertiary/aromatic N) is 2. The second-order valence-corrected chi connectivity index (χ2v) is 5.31. The van der Waals surface area contributed by atoms with E-state index in [-0.39, 0.29) is 11.0 Å². The second-order valence-electron chi connectivity index (χ2n) is 3.13. The van der Waals surface area contributed by atoms with Gasteiger partial charge in [-0.2, -0.15) is 0 Å². The molecule has 13 heavy (non-hydrogen) atoms. The lowest BCUT2D eigenvalue weighted by Gasteiger charge is -2.05. The molecule has 0 saturated carbocycles. The van der Waals surface area contributed by atoms with Crippen molar-refractivity contribution in [3.8, 4) is 0 Å². The van der Waals surface area contributed by atoms with Crippen LogP contribution in [0.25, 0.3) is 0 Å². The molecule has 4 nitrogen and oxygen atoms in total. The number of fused-ring (bicyclic) bond motifs is 1. The number of aromatic nitrogens is 2. The van der Waals surface area contributed by atoms with Crippen LogP contribution in [0, 0.1) is 0 Å². The highest BCUT2D eigenvalue weighted by Crippen LogP contribution is 2.36. The summed E-state index contributed by atoms with van der Waals surface area (Å²) in [6, 6.07) is 0. The summed E-state index contributed by atoms with van der Waals surface area (Å²) >= 11 is 0. The van der Waals surface area contributed by atoms with Crippen LogP contribution in [0.15, 0.2) is 12.5 Å². The van der Waals surface area contributed by atoms with E-state index >= 15 is 0 Å². The first-order valence-electron chi connectivity index (χ1n) is 4.15. The van der Waals surface area contributed by atoms with Gasteiger partial charge in [-0.05, 0) is 6.42 Å². The molecule has 2 rings (SSSR count). The molecular weight excluding hydrogens is 188 g/mol. The quantitative estimate of drug-likeness (QED) is 0.671. The van der Waals surface area contributed by atoms with Gasteiger partial charge in [0, 0.05) is 11.8 Å². The molecule has 0 aromatic carbocycles. The Kier molecular flexibility index (Phi) is 1.83. The largest absolute Gasteiger partial charge is 0.244 e. The standard InChI is InChI=1S/C8H10N2O2S/c1-2-8-6-3-9-5-10-7(6)4-13(8,11)12/h3,5,8H,2,4H2,1H3. The van der Waals surface area contributed by atoms with Gasteiger partial charge in [0.1, 0.15) is 6.33 Å². The Labute approximate surface area is 77.0 Å². The molecule has 1 unspecified atom stereocenters. The van der Waals surface area contributed by atoms with E-state index in [9.17, 15) is 8.42 Å². The van der Waals surface area contributed by atoms with Crippen LogP contribution in [-0.2, 0) is 15.6 Å². The van der Waals surface area contributed by atoms with Crippen LogP contribution in [0.4, 0.5) is 0 Å². The SMILES string of the molecule is CCC1c2cncnc2CS1(=O)=O. The monoisotopic (exact) mass is 198 g/mol. The van der Waals surface area contributed by atoms with E-state index in [0.29, 0.717) is 12.1 Å². The van der Waals surface area contributed by atoms with E-state index in [2.05, 4.69) is 9.97 Å². The third-order valence-corrected chi connectivity index (χ3v) is 4.45. The van der Waals surface area contributed by atoms with E-state index in [0.717, 1.165) is 5.56 Å². The second kappa shape index (κ2) is 2.77. The maximum atomic E-state index is 11.6. The molecule has 0 amide bonds. The minimum atomic E-state index is -3.00. The van der Waals surface area contributed by atoms with Crippen LogP contribution in [0.1, 0.15) is 29.9 Å². The van der Waals surface area contributed by atoms with Crippen LogP contribution in [0.3, 0.4) is 0 Å². The van der Waals surface area contributed by atoms with Crippen molar-refractivity contribution in [2.24, 2.45) is 0 Å². The molecule has 0 saturated heterocycles. The zero-order valence-corrected chi connectivity index (χ0v) is 8.08. The summed E-state index contributed by atoms with van der Waals surface area (Å²) in [5.41, 5.74) is 1.45. The zero-order valence-electron chi connectivity index (χ0n) is 7.27. The summed E-state index contributed by atoms with van der Waals surface area (Å²) in [6.45, 7) is 1.87. The lowest BCUT2D eigenvalue weighted by Crippen LogP contribution is -2.05. The first-order chi connectivity index (χ1) is 6.15. The Bertz CT molecular complexity index is 428. The van der Waals surface area contributed by atoms with E-state index in [1.165, 1.54) is 6.33 Å². The van der Waals surface area contributed by atoms with Crippen molar-refractivity contribution in [2.75, 3.05) is 0 Å². The van der Waals surface area contributed by atoms with Gasteiger partial charge in [0.15, 0.2) is 9.84 Å². The molecule has 1 atom stereocenters. The lowest BCUT2D eigenvalue weighted by atomic mass is 10.1. The third kappa shape index (κ3) is 1.23. The molecule has 0 bridgehead atoms. The molecule has 1 aromatic heterocycles. The maximum absolute atomic E-state index is 11.6. The normalized spacial score (nSPS) is 24.2. The van der Waals surface area contributed by atoms with Crippen molar-refractivity contribution in [2.45, 2.75) is 24.3 Å². The molecule has 0 spiro atoms. The van der Waals surface area contributed by atoms with Crippen molar-refractivity contribution < 1.29 is 8.42 Å². The maximum Gasteiger partial charge on any atom is 0.163 e. The van der Waals surface area contributed by atoms with Gasteiger partial charge in [-0.15, -0.1) is 0 Å². The fraction of sp³-hybridized carbons (Fsp3) is 0.500. The molecule has 1 aliphatic rings. The molecule has 2 heterocycles. The highest BCUT2D eigenvalue weighted by atomic mass is 32.2. The van der Waals surface area contributed by atoms with Crippen molar-refractivity contribution >= 4 is 9.84 Å². The van der Waals surface area contributed by atoms with Gasteiger partial charge in [-0.1, -0.05) is 6.92 Å². The zero-order chi connectivity index (χ0) is 9.47. The minimum absolute atomic E-state index is 0.0728. The molecule has 1 aliphatic heterocycles. The van der Waals surface area contributed by atoms with E-state index in [1.54, 1.807) is 6.20 Å². The summed E-state index contributed by atoms with van der Waals surface area (Å²) in [5, 5.41) is -0.385. The molecule has 5 heteroatoms. The number of sulfone groups is 1. The first kappa shape index (κ1) is 8.62. The van der Waals surface area contributed by atoms with E-state index in [4.69, 9.17) is 0 Å². The van der Waals surface area contributed by atoms with Gasteiger partial charge in [0.25, 0.3) is 0 Å². The molecular formula is C8H10N2O2S. The molecule has 0 radical (unpaired) electrons. The average molecular weight is 198 g/mol. The van der Waals surface area contributed by atoms with Crippen molar-refractivity contribution in [1.29, 1.82) is 0 Å². The van der Waals surface area contributed by atoms with Crippen molar-refractivity contribution in [3.63, 3.8) is 0 Å². The highest BCUT2D eigenvalue weighted by Gasteiger charge is 2.36. The lowest BCUT2D eigenvalue weighted by molar-refractivity contribution is 0.584. The topological polar surface area (TPSA) is 59.9 Å². The Morgan fingerprint density at radius 1 is 1.62 bits per heavy atom. The summed E-state index contributed by atoms with van der Waals surface area (Å²) in [5.74, 6) is 0.0728. The third-order valence-electron chi connectivity index (χ3n) is 2.32. The highest BCUT2D eigenvalue weighted by molar-refractivity contribution is 7.91. The molecule has 0 fully saturated rings. The predicted molar refractivity (Wildman–Crippen MR) is 47.7 cm³/mol. The Hall–Kier alpha value is -0.970. The van der Waals surface area contributed by atoms with Crippen molar-refractivity contribution in [3.05, 3.63) is 23.8 Å². The summed E-state index contributed by atoms with van der Waals surface area (Å²) in [7, 11) is -3.00. The molecule has 0 N–H and O–H groups in total. The van der Waals surface area contributed by atoms with Crippen LogP contribution in [0.5, 0.6) is 0 Å². The predicted octanol–water partition coefficient (Wildman–Crippen LogP) is 0.856. The number of rotatable bonds is 1. The Morgan fingerprint density at radius 2 is 2.38 bits per heavy atom. The smallest absolute Gasteiger partial charge is 0.163 e. The summed E-state index contributed by atoms with van der Waals surface area (Å²) in [4.78, 5) is 7.81. The van der Waals surface area contributed by atoms with Gasteiger partial charge in [-0.25, -0.2) is 18.4 Å². The fourth-order valence-electron chi connectivity index (χ4n) is 1.71. The van der Waals surface area contributed by atoms with E-state index in [1.807, 2.05) is 6.92 Å². The van der Waals surface area contributed by atoms with Crippen LogP contribution >= 0.6 is 0 Å².